The third kappa shape index (κ3) is 2.46. The van der Waals surface area contributed by atoms with E-state index in [9.17, 15) is 0 Å². The highest BCUT2D eigenvalue weighted by Crippen LogP contribution is 2.34. The monoisotopic (exact) mass is 250 g/mol. The van der Waals surface area contributed by atoms with Crippen molar-refractivity contribution in [2.24, 2.45) is 0 Å². The van der Waals surface area contributed by atoms with Gasteiger partial charge in [0.15, 0.2) is 0 Å². The van der Waals surface area contributed by atoms with Crippen molar-refractivity contribution in [2.75, 3.05) is 14.1 Å². The van der Waals surface area contributed by atoms with Crippen LogP contribution in [0, 0.1) is 0 Å². The molecular formula is C16H30N2. The second kappa shape index (κ2) is 5.50. The number of piperidine rings is 2. The first-order valence-electron chi connectivity index (χ1n) is 8.19. The Kier molecular flexibility index (Phi) is 3.95. The Hall–Kier alpha value is -0.0800. The highest BCUT2D eigenvalue weighted by atomic mass is 15.2. The number of hydrogen-bond donors (Lipinski definition) is 0. The lowest BCUT2D eigenvalue weighted by molar-refractivity contribution is 0.0425. The van der Waals surface area contributed by atoms with Crippen molar-refractivity contribution >= 4 is 0 Å². The summed E-state index contributed by atoms with van der Waals surface area (Å²) in [6, 6.07) is 3.54. The van der Waals surface area contributed by atoms with Gasteiger partial charge in [-0.15, -0.1) is 0 Å². The van der Waals surface area contributed by atoms with Crippen LogP contribution in [0.2, 0.25) is 0 Å². The van der Waals surface area contributed by atoms with Gasteiger partial charge in [0.25, 0.3) is 0 Å². The third-order valence-corrected chi connectivity index (χ3v) is 6.12. The number of fused-ring (bicyclic) bond motifs is 4. The van der Waals surface area contributed by atoms with Crippen molar-refractivity contribution in [1.82, 2.24) is 9.80 Å². The van der Waals surface area contributed by atoms with Crippen LogP contribution >= 0.6 is 0 Å². The Morgan fingerprint density at radius 1 is 0.500 bits per heavy atom. The van der Waals surface area contributed by atoms with Gasteiger partial charge >= 0.3 is 0 Å². The van der Waals surface area contributed by atoms with E-state index >= 15 is 0 Å². The molecule has 3 aliphatic heterocycles. The minimum Gasteiger partial charge on any atom is -0.300 e. The Balaban J connectivity index is 1.74. The van der Waals surface area contributed by atoms with Gasteiger partial charge in [-0.3, -0.25) is 0 Å². The molecule has 4 bridgehead atoms. The molecule has 3 aliphatic rings. The summed E-state index contributed by atoms with van der Waals surface area (Å²) in [6.45, 7) is 0. The van der Waals surface area contributed by atoms with Crippen molar-refractivity contribution in [1.29, 1.82) is 0 Å². The normalized spacial score (nSPS) is 43.7. The van der Waals surface area contributed by atoms with Crippen LogP contribution in [0.4, 0.5) is 0 Å². The van der Waals surface area contributed by atoms with Crippen molar-refractivity contribution < 1.29 is 0 Å². The van der Waals surface area contributed by atoms with Gasteiger partial charge in [-0.1, -0.05) is 12.8 Å². The second-order valence-electron chi connectivity index (χ2n) is 6.96. The van der Waals surface area contributed by atoms with Gasteiger partial charge in [-0.2, -0.15) is 0 Å². The summed E-state index contributed by atoms with van der Waals surface area (Å²) in [5, 5.41) is 0. The summed E-state index contributed by atoms with van der Waals surface area (Å²) < 4.78 is 0. The summed E-state index contributed by atoms with van der Waals surface area (Å²) >= 11 is 0. The zero-order chi connectivity index (χ0) is 12.5. The summed E-state index contributed by atoms with van der Waals surface area (Å²) in [5.41, 5.74) is 0. The van der Waals surface area contributed by atoms with E-state index in [0.717, 1.165) is 24.2 Å². The van der Waals surface area contributed by atoms with Gasteiger partial charge in [-0.05, 0) is 65.5 Å². The first-order valence-corrected chi connectivity index (χ1v) is 8.19. The summed E-state index contributed by atoms with van der Waals surface area (Å²) in [5.74, 6) is 0. The van der Waals surface area contributed by atoms with E-state index in [1.165, 1.54) is 64.2 Å². The molecule has 3 saturated heterocycles. The van der Waals surface area contributed by atoms with Crippen molar-refractivity contribution in [2.45, 2.75) is 88.4 Å². The number of nitrogens with zero attached hydrogens (tertiary/aromatic N) is 2. The summed E-state index contributed by atoms with van der Waals surface area (Å²) in [4.78, 5) is 5.48. The molecule has 0 unspecified atom stereocenters. The molecule has 0 N–H and O–H groups in total. The van der Waals surface area contributed by atoms with Crippen molar-refractivity contribution in [3.63, 3.8) is 0 Å². The predicted molar refractivity (Wildman–Crippen MR) is 76.8 cm³/mol. The average Bonchev–Trinajstić information content (AvgIpc) is 2.38. The van der Waals surface area contributed by atoms with Crippen LogP contribution in [0.15, 0.2) is 0 Å². The predicted octanol–water partition coefficient (Wildman–Crippen LogP) is 3.27. The molecule has 2 heteroatoms. The molecule has 0 amide bonds. The topological polar surface area (TPSA) is 6.48 Å². The van der Waals surface area contributed by atoms with Gasteiger partial charge in [0.05, 0.1) is 0 Å². The summed E-state index contributed by atoms with van der Waals surface area (Å²) in [6.07, 6.45) is 14.5. The Labute approximate surface area is 113 Å². The van der Waals surface area contributed by atoms with Gasteiger partial charge in [0.1, 0.15) is 0 Å². The quantitative estimate of drug-likeness (QED) is 0.651. The third-order valence-electron chi connectivity index (χ3n) is 6.12. The van der Waals surface area contributed by atoms with E-state index in [4.69, 9.17) is 0 Å². The zero-order valence-corrected chi connectivity index (χ0v) is 12.3. The van der Waals surface area contributed by atoms with Crippen LogP contribution in [-0.4, -0.2) is 48.1 Å². The van der Waals surface area contributed by atoms with E-state index in [2.05, 4.69) is 23.9 Å². The molecule has 0 radical (unpaired) electrons. The van der Waals surface area contributed by atoms with Crippen molar-refractivity contribution in [3.05, 3.63) is 0 Å². The Bertz CT molecular complexity index is 226. The minimum atomic E-state index is 0.885. The molecule has 4 atom stereocenters. The largest absolute Gasteiger partial charge is 0.300 e. The van der Waals surface area contributed by atoms with E-state index in [1.807, 2.05) is 0 Å². The SMILES string of the molecule is CN1[C@@H]2CCC[C@@H]1CC[C@@H]1CCC[C@H](CC2)N1C. The first kappa shape index (κ1) is 12.9. The van der Waals surface area contributed by atoms with E-state index in [-0.39, 0.29) is 0 Å². The van der Waals surface area contributed by atoms with Gasteiger partial charge in [0.2, 0.25) is 0 Å². The van der Waals surface area contributed by atoms with E-state index < -0.39 is 0 Å². The Morgan fingerprint density at radius 3 is 1.06 bits per heavy atom. The molecule has 18 heavy (non-hydrogen) atoms. The number of rotatable bonds is 0. The molecule has 0 aromatic rings. The molecular weight excluding hydrogens is 220 g/mol. The van der Waals surface area contributed by atoms with Gasteiger partial charge in [-0.25, -0.2) is 0 Å². The van der Waals surface area contributed by atoms with Crippen LogP contribution in [0.3, 0.4) is 0 Å². The fraction of sp³-hybridized carbons (Fsp3) is 1.00. The summed E-state index contributed by atoms with van der Waals surface area (Å²) in [7, 11) is 4.80. The lowest BCUT2D eigenvalue weighted by Gasteiger charge is -2.46. The maximum atomic E-state index is 2.74. The van der Waals surface area contributed by atoms with Crippen LogP contribution in [0.1, 0.15) is 64.2 Å². The highest BCUT2D eigenvalue weighted by molar-refractivity contribution is 4.90. The molecule has 0 aromatic carbocycles. The van der Waals surface area contributed by atoms with Crippen molar-refractivity contribution in [3.8, 4) is 0 Å². The number of hydrogen-bond acceptors (Lipinski definition) is 2. The lowest BCUT2D eigenvalue weighted by Crippen LogP contribution is -2.49. The Morgan fingerprint density at radius 2 is 0.778 bits per heavy atom. The molecule has 0 aromatic heterocycles. The zero-order valence-electron chi connectivity index (χ0n) is 12.3. The maximum absolute atomic E-state index is 2.74. The molecule has 3 fully saturated rings. The fourth-order valence-electron chi connectivity index (χ4n) is 4.75. The smallest absolute Gasteiger partial charge is 0.00957 e. The standard InChI is InChI=1S/C16H30N2/c1-17-13-5-3-6-14(17)10-12-16-8-4-7-15(11-9-13)18(16)2/h13-16H,3-12H2,1-2H3/t13-,14-,15-,16+/m1/s1. The van der Waals surface area contributed by atoms with Gasteiger partial charge in [0, 0.05) is 24.2 Å². The maximum Gasteiger partial charge on any atom is 0.00957 e. The molecule has 3 rings (SSSR count). The van der Waals surface area contributed by atoms with Crippen LogP contribution in [0.25, 0.3) is 0 Å². The second-order valence-corrected chi connectivity index (χ2v) is 6.96. The minimum absolute atomic E-state index is 0.885. The molecule has 0 aliphatic carbocycles. The van der Waals surface area contributed by atoms with Crippen LogP contribution in [-0.2, 0) is 0 Å². The first-order chi connectivity index (χ1) is 8.75. The average molecular weight is 250 g/mol. The lowest BCUT2D eigenvalue weighted by atomic mass is 9.83. The molecule has 104 valence electrons. The molecule has 0 spiro atoms. The molecule has 3 heterocycles. The molecule has 0 saturated carbocycles. The van der Waals surface area contributed by atoms with Crippen LogP contribution < -0.4 is 0 Å². The fourth-order valence-corrected chi connectivity index (χ4v) is 4.75. The van der Waals surface area contributed by atoms with E-state index in [0.29, 0.717) is 0 Å². The van der Waals surface area contributed by atoms with Crippen LogP contribution in [0.5, 0.6) is 0 Å². The highest BCUT2D eigenvalue weighted by Gasteiger charge is 2.33. The van der Waals surface area contributed by atoms with E-state index in [1.54, 1.807) is 0 Å². The van der Waals surface area contributed by atoms with Gasteiger partial charge < -0.3 is 9.80 Å². The molecule has 2 nitrogen and oxygen atoms in total.